The van der Waals surface area contributed by atoms with Crippen LogP contribution in [0, 0.1) is 0 Å². The molecule has 4 nitrogen and oxygen atoms in total. The summed E-state index contributed by atoms with van der Waals surface area (Å²) < 4.78 is 5.76. The Bertz CT molecular complexity index is 400. The average molecular weight is 273 g/mol. The second-order valence-electron chi connectivity index (χ2n) is 4.99. The summed E-state index contributed by atoms with van der Waals surface area (Å²) in [6.07, 6.45) is 0. The van der Waals surface area contributed by atoms with E-state index in [1.54, 1.807) is 13.0 Å². The molecule has 0 radical (unpaired) electrons. The number of rotatable bonds is 3. The smallest absolute Gasteiger partial charge is 0.241 e. The van der Waals surface area contributed by atoms with Crippen LogP contribution in [0.4, 0.5) is 5.69 Å². The van der Waals surface area contributed by atoms with Gasteiger partial charge >= 0.3 is 0 Å². The SMILES string of the molecule is C[C@H](N)C(=O)Nc1ccccc1OC(C)(C)C.Cl. The van der Waals surface area contributed by atoms with Crippen LogP contribution in [0.25, 0.3) is 0 Å². The molecule has 0 aliphatic carbocycles. The Kier molecular flexibility index (Phi) is 6.15. The summed E-state index contributed by atoms with van der Waals surface area (Å²) in [6.45, 7) is 7.51. The molecule has 18 heavy (non-hydrogen) atoms. The van der Waals surface area contributed by atoms with E-state index in [2.05, 4.69) is 5.32 Å². The molecule has 0 aromatic heterocycles. The molecule has 0 aliphatic heterocycles. The van der Waals surface area contributed by atoms with E-state index in [0.29, 0.717) is 11.4 Å². The summed E-state index contributed by atoms with van der Waals surface area (Å²) in [6, 6.07) is 6.77. The topological polar surface area (TPSA) is 64.4 Å². The van der Waals surface area contributed by atoms with Crippen molar-refractivity contribution in [2.45, 2.75) is 39.3 Å². The summed E-state index contributed by atoms with van der Waals surface area (Å²) >= 11 is 0. The van der Waals surface area contributed by atoms with E-state index in [9.17, 15) is 4.79 Å². The van der Waals surface area contributed by atoms with E-state index in [4.69, 9.17) is 10.5 Å². The van der Waals surface area contributed by atoms with Crippen molar-refractivity contribution < 1.29 is 9.53 Å². The van der Waals surface area contributed by atoms with Crippen molar-refractivity contribution in [3.05, 3.63) is 24.3 Å². The average Bonchev–Trinajstić information content (AvgIpc) is 2.18. The Morgan fingerprint density at radius 2 is 1.89 bits per heavy atom. The monoisotopic (exact) mass is 272 g/mol. The summed E-state index contributed by atoms with van der Waals surface area (Å²) in [5, 5.41) is 2.74. The molecule has 5 heteroatoms. The van der Waals surface area contributed by atoms with E-state index < -0.39 is 6.04 Å². The van der Waals surface area contributed by atoms with Crippen LogP contribution in [0.5, 0.6) is 5.75 Å². The minimum Gasteiger partial charge on any atom is -0.486 e. The van der Waals surface area contributed by atoms with Gasteiger partial charge in [-0.15, -0.1) is 12.4 Å². The molecular weight excluding hydrogens is 252 g/mol. The molecule has 0 bridgehead atoms. The third-order valence-electron chi connectivity index (χ3n) is 1.97. The highest BCUT2D eigenvalue weighted by Gasteiger charge is 2.16. The quantitative estimate of drug-likeness (QED) is 0.889. The lowest BCUT2D eigenvalue weighted by Gasteiger charge is -2.23. The zero-order valence-electron chi connectivity index (χ0n) is 11.2. The Hall–Kier alpha value is -1.26. The van der Waals surface area contributed by atoms with Gasteiger partial charge in [-0.3, -0.25) is 4.79 Å². The Morgan fingerprint density at radius 3 is 2.39 bits per heavy atom. The van der Waals surface area contributed by atoms with Gasteiger partial charge in [-0.05, 0) is 39.8 Å². The highest BCUT2D eigenvalue weighted by Crippen LogP contribution is 2.27. The number of para-hydroxylation sites is 2. The van der Waals surface area contributed by atoms with Gasteiger partial charge in [0.2, 0.25) is 5.91 Å². The molecule has 1 rings (SSSR count). The van der Waals surface area contributed by atoms with Gasteiger partial charge < -0.3 is 15.8 Å². The lowest BCUT2D eigenvalue weighted by molar-refractivity contribution is -0.117. The molecule has 1 aromatic rings. The van der Waals surface area contributed by atoms with Crippen molar-refractivity contribution in [2.75, 3.05) is 5.32 Å². The molecule has 0 fully saturated rings. The van der Waals surface area contributed by atoms with E-state index in [-0.39, 0.29) is 23.9 Å². The molecule has 0 saturated carbocycles. The number of amides is 1. The predicted octanol–water partition coefficient (Wildman–Crippen LogP) is 2.57. The van der Waals surface area contributed by atoms with Crippen molar-refractivity contribution >= 4 is 24.0 Å². The van der Waals surface area contributed by atoms with Crippen LogP contribution < -0.4 is 15.8 Å². The normalized spacial score (nSPS) is 12.3. The van der Waals surface area contributed by atoms with Gasteiger partial charge in [0.25, 0.3) is 0 Å². The molecule has 0 aliphatic rings. The molecule has 1 amide bonds. The number of nitrogens with one attached hydrogen (secondary N) is 1. The minimum atomic E-state index is -0.544. The zero-order valence-corrected chi connectivity index (χ0v) is 12.0. The summed E-state index contributed by atoms with van der Waals surface area (Å²) in [4.78, 5) is 11.5. The number of benzene rings is 1. The maximum Gasteiger partial charge on any atom is 0.241 e. The van der Waals surface area contributed by atoms with Gasteiger partial charge in [0.1, 0.15) is 11.4 Å². The number of carbonyl (C=O) groups is 1. The highest BCUT2D eigenvalue weighted by molar-refractivity contribution is 5.95. The first-order valence-electron chi connectivity index (χ1n) is 5.64. The lowest BCUT2D eigenvalue weighted by atomic mass is 10.2. The number of anilines is 1. The maximum atomic E-state index is 11.5. The number of carbonyl (C=O) groups excluding carboxylic acids is 1. The van der Waals surface area contributed by atoms with Crippen LogP contribution >= 0.6 is 12.4 Å². The molecular formula is C13H21ClN2O2. The maximum absolute atomic E-state index is 11.5. The number of halogens is 1. The van der Waals surface area contributed by atoms with Crippen LogP contribution in [-0.4, -0.2) is 17.6 Å². The van der Waals surface area contributed by atoms with Crippen LogP contribution in [0.1, 0.15) is 27.7 Å². The van der Waals surface area contributed by atoms with Gasteiger partial charge in [0.15, 0.2) is 0 Å². The summed E-state index contributed by atoms with van der Waals surface area (Å²) in [7, 11) is 0. The third-order valence-corrected chi connectivity index (χ3v) is 1.97. The number of nitrogens with two attached hydrogens (primary N) is 1. The molecule has 0 heterocycles. The first-order chi connectivity index (χ1) is 7.79. The molecule has 0 saturated heterocycles. The van der Waals surface area contributed by atoms with E-state index in [0.717, 1.165) is 0 Å². The van der Waals surface area contributed by atoms with Gasteiger partial charge in [-0.1, -0.05) is 12.1 Å². The Balaban J connectivity index is 0.00000289. The van der Waals surface area contributed by atoms with Crippen molar-refractivity contribution in [2.24, 2.45) is 5.73 Å². The Labute approximate surface area is 114 Å². The highest BCUT2D eigenvalue weighted by atomic mass is 35.5. The van der Waals surface area contributed by atoms with E-state index in [1.807, 2.05) is 39.0 Å². The predicted molar refractivity (Wildman–Crippen MR) is 76.4 cm³/mol. The van der Waals surface area contributed by atoms with Gasteiger partial charge in [0.05, 0.1) is 11.7 Å². The van der Waals surface area contributed by atoms with Crippen molar-refractivity contribution in [3.63, 3.8) is 0 Å². The van der Waals surface area contributed by atoms with Crippen LogP contribution in [0.3, 0.4) is 0 Å². The van der Waals surface area contributed by atoms with Crippen molar-refractivity contribution in [1.82, 2.24) is 0 Å². The molecule has 1 aromatic carbocycles. The first kappa shape index (κ1) is 16.7. The third kappa shape index (κ3) is 5.38. The van der Waals surface area contributed by atoms with Gasteiger partial charge in [-0.2, -0.15) is 0 Å². The van der Waals surface area contributed by atoms with Crippen LogP contribution in [-0.2, 0) is 4.79 Å². The van der Waals surface area contributed by atoms with Crippen molar-refractivity contribution in [1.29, 1.82) is 0 Å². The fraction of sp³-hybridized carbons (Fsp3) is 0.462. The minimum absolute atomic E-state index is 0. The largest absolute Gasteiger partial charge is 0.486 e. The molecule has 0 spiro atoms. The van der Waals surface area contributed by atoms with Crippen LogP contribution in [0.15, 0.2) is 24.3 Å². The van der Waals surface area contributed by atoms with E-state index >= 15 is 0 Å². The number of hydrogen-bond donors (Lipinski definition) is 2. The summed E-state index contributed by atoms with van der Waals surface area (Å²) in [5.74, 6) is 0.420. The van der Waals surface area contributed by atoms with E-state index in [1.165, 1.54) is 0 Å². The Morgan fingerprint density at radius 1 is 1.33 bits per heavy atom. The molecule has 0 unspecified atom stereocenters. The molecule has 1 atom stereocenters. The fourth-order valence-electron chi connectivity index (χ4n) is 1.24. The second kappa shape index (κ2) is 6.61. The zero-order chi connectivity index (χ0) is 13.1. The molecule has 3 N–H and O–H groups in total. The fourth-order valence-corrected chi connectivity index (χ4v) is 1.24. The second-order valence-corrected chi connectivity index (χ2v) is 4.99. The van der Waals surface area contributed by atoms with Gasteiger partial charge in [-0.25, -0.2) is 0 Å². The standard InChI is InChI=1S/C13H20N2O2.ClH/c1-9(14)12(16)15-10-7-5-6-8-11(10)17-13(2,3)4;/h5-9H,14H2,1-4H3,(H,15,16);1H/t9-;/m0./s1. The lowest BCUT2D eigenvalue weighted by Crippen LogP contribution is -2.33. The summed E-state index contributed by atoms with van der Waals surface area (Å²) in [5.41, 5.74) is 5.84. The van der Waals surface area contributed by atoms with Crippen LogP contribution in [0.2, 0.25) is 0 Å². The number of hydrogen-bond acceptors (Lipinski definition) is 3. The number of ether oxygens (including phenoxy) is 1. The molecule has 102 valence electrons. The van der Waals surface area contributed by atoms with Crippen molar-refractivity contribution in [3.8, 4) is 5.75 Å². The van der Waals surface area contributed by atoms with Gasteiger partial charge in [0, 0.05) is 0 Å². The first-order valence-corrected chi connectivity index (χ1v) is 5.64.